The summed E-state index contributed by atoms with van der Waals surface area (Å²) in [7, 11) is 1.36. The molecule has 1 aliphatic heterocycles. The maximum absolute atomic E-state index is 11.4. The molecule has 0 spiro atoms. The Morgan fingerprint density at radius 1 is 1.45 bits per heavy atom. The van der Waals surface area contributed by atoms with E-state index in [1.807, 2.05) is 17.4 Å². The highest BCUT2D eigenvalue weighted by Gasteiger charge is 2.25. The first-order valence-electron chi connectivity index (χ1n) is 6.66. The van der Waals surface area contributed by atoms with E-state index in [1.165, 1.54) is 17.6 Å². The van der Waals surface area contributed by atoms with Gasteiger partial charge < -0.3 is 9.15 Å². The molecule has 106 valence electrons. The Labute approximate surface area is 122 Å². The lowest BCUT2D eigenvalue weighted by molar-refractivity contribution is 0.0558. The van der Waals surface area contributed by atoms with Crippen LogP contribution in [-0.4, -0.2) is 24.5 Å². The van der Waals surface area contributed by atoms with E-state index in [0.29, 0.717) is 0 Å². The lowest BCUT2D eigenvalue weighted by Gasteiger charge is -2.31. The number of esters is 1. The summed E-state index contributed by atoms with van der Waals surface area (Å²) in [6.45, 7) is 4.06. The largest absolute Gasteiger partial charge is 0.463 e. The fourth-order valence-corrected chi connectivity index (χ4v) is 3.46. The van der Waals surface area contributed by atoms with Gasteiger partial charge in [-0.1, -0.05) is 0 Å². The van der Waals surface area contributed by atoms with Gasteiger partial charge in [-0.25, -0.2) is 4.79 Å². The number of fused-ring (bicyclic) bond motifs is 1. The maximum atomic E-state index is 11.4. The summed E-state index contributed by atoms with van der Waals surface area (Å²) in [5.74, 6) is 0.647. The third-order valence-electron chi connectivity index (χ3n) is 3.81. The van der Waals surface area contributed by atoms with Crippen molar-refractivity contribution >= 4 is 17.3 Å². The number of methoxy groups -OCH3 is 1. The number of nitrogens with zero attached hydrogens (tertiary/aromatic N) is 1. The molecule has 1 unspecified atom stereocenters. The molecular weight excluding hydrogens is 274 g/mol. The number of thiophene rings is 1. The summed E-state index contributed by atoms with van der Waals surface area (Å²) in [6, 6.07) is 5.89. The summed E-state index contributed by atoms with van der Waals surface area (Å²) in [6.07, 6.45) is 1.09. The van der Waals surface area contributed by atoms with Gasteiger partial charge in [0.05, 0.1) is 13.2 Å². The number of ether oxygens (including phenoxy) is 1. The van der Waals surface area contributed by atoms with Crippen molar-refractivity contribution in [2.75, 3.05) is 13.7 Å². The molecule has 0 amide bonds. The zero-order chi connectivity index (χ0) is 14.1. The van der Waals surface area contributed by atoms with Crippen LogP contribution in [0.2, 0.25) is 0 Å². The smallest absolute Gasteiger partial charge is 0.373 e. The monoisotopic (exact) mass is 291 g/mol. The average molecular weight is 291 g/mol. The summed E-state index contributed by atoms with van der Waals surface area (Å²) in [5, 5.41) is 2.15. The molecule has 2 aromatic heterocycles. The van der Waals surface area contributed by atoms with Gasteiger partial charge in [0, 0.05) is 18.0 Å². The second kappa shape index (κ2) is 5.42. The van der Waals surface area contributed by atoms with Crippen LogP contribution in [0, 0.1) is 0 Å². The molecule has 0 N–H and O–H groups in total. The van der Waals surface area contributed by atoms with Gasteiger partial charge >= 0.3 is 5.97 Å². The highest BCUT2D eigenvalue weighted by atomic mass is 32.1. The third kappa shape index (κ3) is 2.39. The first-order valence-corrected chi connectivity index (χ1v) is 7.54. The molecule has 0 saturated carbocycles. The molecule has 1 aliphatic rings. The second-order valence-electron chi connectivity index (χ2n) is 4.96. The minimum absolute atomic E-state index is 0.154. The van der Waals surface area contributed by atoms with Crippen molar-refractivity contribution in [3.05, 3.63) is 45.5 Å². The maximum Gasteiger partial charge on any atom is 0.373 e. The third-order valence-corrected chi connectivity index (χ3v) is 4.83. The molecule has 0 aliphatic carbocycles. The molecule has 1 atom stereocenters. The van der Waals surface area contributed by atoms with E-state index >= 15 is 0 Å². The Hall–Kier alpha value is -1.59. The number of carbonyl (C=O) groups is 1. The Kier molecular flexibility index (Phi) is 3.63. The first kappa shape index (κ1) is 13.4. The van der Waals surface area contributed by atoms with Crippen LogP contribution in [0.15, 0.2) is 28.0 Å². The summed E-state index contributed by atoms with van der Waals surface area (Å²) >= 11 is 1.83. The van der Waals surface area contributed by atoms with Gasteiger partial charge in [-0.2, -0.15) is 0 Å². The molecule has 0 bridgehead atoms. The van der Waals surface area contributed by atoms with Crippen molar-refractivity contribution in [1.82, 2.24) is 4.90 Å². The fraction of sp³-hybridized carbons (Fsp3) is 0.400. The van der Waals surface area contributed by atoms with Crippen LogP contribution in [0.5, 0.6) is 0 Å². The number of hydrogen-bond donors (Lipinski definition) is 0. The Morgan fingerprint density at radius 2 is 2.30 bits per heavy atom. The van der Waals surface area contributed by atoms with Crippen molar-refractivity contribution in [3.8, 4) is 0 Å². The van der Waals surface area contributed by atoms with E-state index in [2.05, 4.69) is 28.0 Å². The van der Waals surface area contributed by atoms with E-state index in [4.69, 9.17) is 4.42 Å². The van der Waals surface area contributed by atoms with E-state index in [1.54, 1.807) is 6.07 Å². The second-order valence-corrected chi connectivity index (χ2v) is 5.96. The molecule has 4 nitrogen and oxygen atoms in total. The summed E-state index contributed by atoms with van der Waals surface area (Å²) < 4.78 is 10.3. The van der Waals surface area contributed by atoms with Gasteiger partial charge in [0.2, 0.25) is 5.76 Å². The van der Waals surface area contributed by atoms with Gasteiger partial charge in [0.15, 0.2) is 0 Å². The van der Waals surface area contributed by atoms with Gasteiger partial charge in [-0.15, -0.1) is 11.3 Å². The molecule has 0 aromatic carbocycles. The molecule has 5 heteroatoms. The van der Waals surface area contributed by atoms with E-state index < -0.39 is 5.97 Å². The molecular formula is C15H17NO3S. The van der Waals surface area contributed by atoms with Gasteiger partial charge in [-0.05, 0) is 42.5 Å². The van der Waals surface area contributed by atoms with Crippen LogP contribution in [0.1, 0.15) is 39.7 Å². The zero-order valence-corrected chi connectivity index (χ0v) is 12.4. The number of furan rings is 1. The van der Waals surface area contributed by atoms with Crippen LogP contribution in [-0.2, 0) is 17.7 Å². The topological polar surface area (TPSA) is 42.7 Å². The van der Waals surface area contributed by atoms with E-state index in [0.717, 1.165) is 25.3 Å². The first-order chi connectivity index (χ1) is 9.69. The number of rotatable bonds is 3. The molecule has 0 radical (unpaired) electrons. The van der Waals surface area contributed by atoms with Crippen molar-refractivity contribution in [3.63, 3.8) is 0 Å². The normalized spacial score (nSPS) is 16.7. The van der Waals surface area contributed by atoms with Crippen molar-refractivity contribution in [1.29, 1.82) is 0 Å². The Balaban J connectivity index is 1.75. The predicted octanol–water partition coefficient (Wildman–Crippen LogP) is 3.25. The van der Waals surface area contributed by atoms with Crippen LogP contribution >= 0.6 is 11.3 Å². The molecule has 3 rings (SSSR count). The molecule has 0 saturated heterocycles. The Morgan fingerprint density at radius 3 is 3.10 bits per heavy atom. The predicted molar refractivity (Wildman–Crippen MR) is 76.9 cm³/mol. The van der Waals surface area contributed by atoms with Gasteiger partial charge in [0.25, 0.3) is 0 Å². The molecule has 20 heavy (non-hydrogen) atoms. The van der Waals surface area contributed by atoms with Crippen molar-refractivity contribution in [2.45, 2.75) is 25.9 Å². The minimum atomic E-state index is -0.429. The average Bonchev–Trinajstić information content (AvgIpc) is 3.13. The van der Waals surface area contributed by atoms with Gasteiger partial charge in [0.1, 0.15) is 5.76 Å². The number of hydrogen-bond acceptors (Lipinski definition) is 5. The van der Waals surface area contributed by atoms with E-state index in [9.17, 15) is 4.79 Å². The van der Waals surface area contributed by atoms with Crippen LogP contribution in [0.3, 0.4) is 0 Å². The van der Waals surface area contributed by atoms with Crippen molar-refractivity contribution < 1.29 is 13.9 Å². The number of carbonyl (C=O) groups excluding carboxylic acids is 1. The molecule has 0 fully saturated rings. The van der Waals surface area contributed by atoms with Crippen LogP contribution < -0.4 is 0 Å². The summed E-state index contributed by atoms with van der Waals surface area (Å²) in [4.78, 5) is 15.3. The quantitative estimate of drug-likeness (QED) is 0.814. The standard InChI is InChI=1S/C15H17NO3S/c1-10(12-3-4-13(19-12)15(17)18-2)16-7-5-14-11(9-16)6-8-20-14/h3-4,6,8,10H,5,7,9H2,1-2H3. The van der Waals surface area contributed by atoms with Gasteiger partial charge in [-0.3, -0.25) is 4.90 Å². The SMILES string of the molecule is COC(=O)c1ccc(C(C)N2CCc3sccc3C2)o1. The summed E-state index contributed by atoms with van der Waals surface area (Å²) in [5.41, 5.74) is 1.41. The molecule has 2 aromatic rings. The van der Waals surface area contributed by atoms with Crippen LogP contribution in [0.25, 0.3) is 0 Å². The highest BCUT2D eigenvalue weighted by molar-refractivity contribution is 7.10. The van der Waals surface area contributed by atoms with Crippen molar-refractivity contribution in [2.24, 2.45) is 0 Å². The van der Waals surface area contributed by atoms with Crippen LogP contribution in [0.4, 0.5) is 0 Å². The molecule has 3 heterocycles. The minimum Gasteiger partial charge on any atom is -0.463 e. The highest BCUT2D eigenvalue weighted by Crippen LogP contribution is 2.30. The zero-order valence-electron chi connectivity index (χ0n) is 11.6. The Bertz CT molecular complexity index is 616. The lowest BCUT2D eigenvalue weighted by Crippen LogP contribution is -2.31. The van der Waals surface area contributed by atoms with E-state index in [-0.39, 0.29) is 11.8 Å². The fourth-order valence-electron chi connectivity index (χ4n) is 2.57. The lowest BCUT2D eigenvalue weighted by atomic mass is 10.1.